The Morgan fingerprint density at radius 2 is 1.73 bits per heavy atom. The number of aliphatic imine (C=N–C) groups is 1. The number of rotatable bonds is 9. The summed E-state index contributed by atoms with van der Waals surface area (Å²) in [5, 5.41) is 15.9. The van der Waals surface area contributed by atoms with E-state index in [0.717, 1.165) is 18.5 Å². The maximum absolute atomic E-state index is 13.9. The molecule has 0 saturated carbocycles. The predicted octanol–water partition coefficient (Wildman–Crippen LogP) is 8.18. The number of aliphatic carboxylic acids is 1. The fourth-order valence-corrected chi connectivity index (χ4v) is 5.42. The maximum Gasteiger partial charge on any atom is 0.328 e. The minimum absolute atomic E-state index is 0. The number of carbonyl (C=O) groups is 2. The van der Waals surface area contributed by atoms with E-state index < -0.39 is 17.6 Å². The summed E-state index contributed by atoms with van der Waals surface area (Å²) in [4.78, 5) is 32.7. The average molecular weight is 659 g/mol. The molecule has 6 nitrogen and oxygen atoms in total. The Morgan fingerprint density at radius 1 is 1.02 bits per heavy atom. The Bertz CT molecular complexity index is 1430. The molecule has 41 heavy (non-hydrogen) atoms. The van der Waals surface area contributed by atoms with Gasteiger partial charge in [0.25, 0.3) is 0 Å². The Balaban J connectivity index is 0.00000462. The molecule has 4 rings (SSSR count). The summed E-state index contributed by atoms with van der Waals surface area (Å²) in [5.74, 6) is -1.58. The Labute approximate surface area is 266 Å². The van der Waals surface area contributed by atoms with Gasteiger partial charge in [0.15, 0.2) is 0 Å². The predicted molar refractivity (Wildman–Crippen MR) is 162 cm³/mol. The van der Waals surface area contributed by atoms with Crippen LogP contribution in [0.1, 0.15) is 50.3 Å². The summed E-state index contributed by atoms with van der Waals surface area (Å²) in [7, 11) is 0. The van der Waals surface area contributed by atoms with Crippen molar-refractivity contribution < 1.29 is 31.2 Å². The van der Waals surface area contributed by atoms with Crippen LogP contribution in [0.5, 0.6) is 0 Å². The van der Waals surface area contributed by atoms with E-state index in [4.69, 9.17) is 34.8 Å². The summed E-state index contributed by atoms with van der Waals surface area (Å²) < 4.78 is 0. The van der Waals surface area contributed by atoms with Crippen molar-refractivity contribution in [2.45, 2.75) is 51.7 Å². The topological polar surface area (TPSA) is 84.1 Å². The fourth-order valence-electron chi connectivity index (χ4n) is 4.92. The van der Waals surface area contributed by atoms with Crippen molar-refractivity contribution >= 4 is 58.1 Å². The molecule has 10 heteroatoms. The normalized spacial score (nSPS) is 18.2. The van der Waals surface area contributed by atoms with Crippen LogP contribution in [-0.2, 0) is 32.6 Å². The van der Waals surface area contributed by atoms with Gasteiger partial charge in [0.2, 0.25) is 0 Å². The van der Waals surface area contributed by atoms with E-state index in [1.165, 1.54) is 0 Å². The molecule has 2 atom stereocenters. The molecule has 3 aromatic rings. The van der Waals surface area contributed by atoms with Crippen molar-refractivity contribution in [1.82, 2.24) is 4.90 Å². The van der Waals surface area contributed by atoms with Crippen LogP contribution in [0.2, 0.25) is 15.1 Å². The summed E-state index contributed by atoms with van der Waals surface area (Å²) in [5.41, 5.74) is 2.11. The Hall–Kier alpha value is -2.41. The molecule has 0 spiro atoms. The van der Waals surface area contributed by atoms with Crippen molar-refractivity contribution in [2.24, 2.45) is 10.9 Å². The second-order valence-electron chi connectivity index (χ2n) is 10.5. The number of halogens is 3. The zero-order chi connectivity index (χ0) is 29.0. The molecule has 0 radical (unpaired) electrons. The van der Waals surface area contributed by atoms with Crippen LogP contribution in [0.25, 0.3) is 5.32 Å². The second kappa shape index (κ2) is 14.2. The van der Waals surface area contributed by atoms with Gasteiger partial charge in [-0.15, -0.1) is 5.69 Å². The molecule has 0 aliphatic carbocycles. The summed E-state index contributed by atoms with van der Waals surface area (Å²) in [6, 6.07) is 18.8. The molecule has 1 fully saturated rings. The minimum atomic E-state index is -1.03. The molecule has 1 N–H and O–H groups in total. The Kier molecular flexibility index (Phi) is 11.4. The monoisotopic (exact) mass is 656 g/mol. The SMILES string of the molecule is CC(C)[C@@H](N=C(c1ccccc1)c1cc(Cl)ccc1[N-]C(=O)[C@]1(C)CCCN1Cc1ccc(Cl)c(Cl)c1)C(=O)O.[Ni]. The van der Waals surface area contributed by atoms with Crippen LogP contribution < -0.4 is 0 Å². The van der Waals surface area contributed by atoms with Crippen LogP contribution in [0.15, 0.2) is 71.7 Å². The standard InChI is InChI=1S/C31H32Cl3N3O3.Ni/c1-19(2)27(29(38)39)36-28(21-8-5-4-6-9-21)23-17-22(32)11-13-26(23)35-30(40)31(3)14-7-15-37(31)18-20-10-12-24(33)25(34)16-20;/h4-6,8-13,16-17,19,27H,7,14-15,18H2,1-3H3,(H2,35,36,38,39,40);/p-1/t27-,31+;/m1./s1. The summed E-state index contributed by atoms with van der Waals surface area (Å²) in [6.45, 7) is 6.77. The van der Waals surface area contributed by atoms with E-state index in [1.54, 1.807) is 38.1 Å². The molecule has 0 bridgehead atoms. The third-order valence-corrected chi connectivity index (χ3v) is 8.22. The number of carbonyl (C=O) groups excluding carboxylic acids is 1. The molecule has 1 aliphatic heterocycles. The van der Waals surface area contributed by atoms with Crippen LogP contribution >= 0.6 is 34.8 Å². The molecular weight excluding hydrogens is 627 g/mol. The van der Waals surface area contributed by atoms with Crippen LogP contribution in [0.4, 0.5) is 5.69 Å². The molecule has 0 unspecified atom stereocenters. The molecule has 1 amide bonds. The van der Waals surface area contributed by atoms with Crippen molar-refractivity contribution in [3.05, 3.63) is 104 Å². The third kappa shape index (κ3) is 7.71. The number of carboxylic acid groups (broad SMARTS) is 1. The number of nitrogens with zero attached hydrogens (tertiary/aromatic N) is 3. The van der Waals surface area contributed by atoms with E-state index in [0.29, 0.717) is 50.6 Å². The van der Waals surface area contributed by atoms with Gasteiger partial charge in [0.05, 0.1) is 27.2 Å². The zero-order valence-electron chi connectivity index (χ0n) is 22.9. The molecule has 1 heterocycles. The quantitative estimate of drug-likeness (QED) is 0.186. The first kappa shape index (κ1) is 33.1. The van der Waals surface area contributed by atoms with Crippen LogP contribution in [-0.4, -0.2) is 45.7 Å². The summed E-state index contributed by atoms with van der Waals surface area (Å²) in [6.07, 6.45) is 1.49. The Morgan fingerprint density at radius 3 is 2.37 bits per heavy atom. The van der Waals surface area contributed by atoms with Crippen molar-refractivity contribution in [3.8, 4) is 0 Å². The van der Waals surface area contributed by atoms with Crippen molar-refractivity contribution in [3.63, 3.8) is 0 Å². The number of amides is 1. The number of likely N-dealkylation sites (tertiary alicyclic amines) is 1. The molecule has 220 valence electrons. The van der Waals surface area contributed by atoms with Crippen molar-refractivity contribution in [1.29, 1.82) is 0 Å². The number of hydrogen-bond acceptors (Lipinski definition) is 4. The van der Waals surface area contributed by atoms with E-state index in [2.05, 4.69) is 15.2 Å². The summed E-state index contributed by atoms with van der Waals surface area (Å²) >= 11 is 18.7. The van der Waals surface area contributed by atoms with E-state index in [9.17, 15) is 14.7 Å². The number of benzene rings is 3. The first-order valence-corrected chi connectivity index (χ1v) is 14.2. The van der Waals surface area contributed by atoms with E-state index in [1.807, 2.05) is 49.4 Å². The van der Waals surface area contributed by atoms with Gasteiger partial charge in [-0.05, 0) is 67.6 Å². The maximum atomic E-state index is 13.9. The van der Waals surface area contributed by atoms with E-state index >= 15 is 0 Å². The molecule has 1 saturated heterocycles. The van der Waals surface area contributed by atoms with Crippen LogP contribution in [0, 0.1) is 5.92 Å². The molecule has 1 aliphatic rings. The van der Waals surface area contributed by atoms with Gasteiger partial charge in [-0.3, -0.25) is 9.89 Å². The molecule has 3 aromatic carbocycles. The van der Waals surface area contributed by atoms with Gasteiger partial charge in [-0.25, -0.2) is 4.79 Å². The largest absolute Gasteiger partial charge is 0.625 e. The van der Waals surface area contributed by atoms with E-state index in [-0.39, 0.29) is 28.3 Å². The average Bonchev–Trinajstić information content (AvgIpc) is 3.29. The van der Waals surface area contributed by atoms with Gasteiger partial charge in [0, 0.05) is 33.6 Å². The first-order valence-electron chi connectivity index (χ1n) is 13.1. The van der Waals surface area contributed by atoms with Gasteiger partial charge in [0.1, 0.15) is 6.04 Å². The van der Waals surface area contributed by atoms with Gasteiger partial charge >= 0.3 is 5.97 Å². The smallest absolute Gasteiger partial charge is 0.328 e. The second-order valence-corrected chi connectivity index (χ2v) is 11.7. The van der Waals surface area contributed by atoms with Crippen LogP contribution in [0.3, 0.4) is 0 Å². The third-order valence-electron chi connectivity index (χ3n) is 7.24. The minimum Gasteiger partial charge on any atom is -0.625 e. The van der Waals surface area contributed by atoms with Gasteiger partial charge in [-0.2, -0.15) is 0 Å². The first-order chi connectivity index (χ1) is 19.0. The van der Waals surface area contributed by atoms with Crippen molar-refractivity contribution in [2.75, 3.05) is 6.54 Å². The number of carboxylic acids is 1. The molecular formula is C31H31Cl3N3NiO3-. The van der Waals surface area contributed by atoms with Gasteiger partial charge in [-0.1, -0.05) is 91.1 Å². The number of hydrogen-bond donors (Lipinski definition) is 1. The van der Waals surface area contributed by atoms with Gasteiger partial charge < -0.3 is 15.2 Å². The zero-order valence-corrected chi connectivity index (χ0v) is 26.1. The fraction of sp³-hybridized carbons (Fsp3) is 0.323. The molecule has 0 aromatic heterocycles.